The number of benzene rings is 1. The van der Waals surface area contributed by atoms with E-state index in [9.17, 15) is 4.79 Å². The first-order valence-electron chi connectivity index (χ1n) is 5.54. The summed E-state index contributed by atoms with van der Waals surface area (Å²) in [5.41, 5.74) is 7.52. The molecule has 0 aliphatic rings. The van der Waals surface area contributed by atoms with Crippen LogP contribution in [-0.4, -0.2) is 5.91 Å². The molecule has 2 aromatic rings. The van der Waals surface area contributed by atoms with E-state index in [1.807, 2.05) is 37.3 Å². The van der Waals surface area contributed by atoms with Crippen LogP contribution < -0.4 is 11.1 Å². The van der Waals surface area contributed by atoms with Crippen molar-refractivity contribution in [2.45, 2.75) is 13.0 Å². The van der Waals surface area contributed by atoms with Gasteiger partial charge in [-0.2, -0.15) is 0 Å². The summed E-state index contributed by atoms with van der Waals surface area (Å²) in [4.78, 5) is 12.5. The molecular weight excluding hydrogens is 392 g/mol. The minimum atomic E-state index is -0.532. The number of nitrogens with two attached hydrogens (primary N) is 1. The Morgan fingerprint density at radius 1 is 1.32 bits per heavy atom. The molecule has 1 aromatic carbocycles. The van der Waals surface area contributed by atoms with Gasteiger partial charge in [0.2, 0.25) is 5.91 Å². The number of thiophene rings is 1. The molecule has 0 saturated heterocycles. The zero-order valence-corrected chi connectivity index (χ0v) is 14.1. The van der Waals surface area contributed by atoms with Crippen LogP contribution in [-0.2, 0) is 4.79 Å². The fourth-order valence-corrected chi connectivity index (χ4v) is 3.75. The fraction of sp³-hybridized carbons (Fsp3) is 0.154. The molecule has 1 atom stereocenters. The number of anilines is 1. The largest absolute Gasteiger partial charge is 0.369 e. The van der Waals surface area contributed by atoms with Crippen LogP contribution in [0.2, 0.25) is 0 Å². The van der Waals surface area contributed by atoms with Gasteiger partial charge in [-0.3, -0.25) is 4.79 Å². The Labute approximate surface area is 132 Å². The fourth-order valence-electron chi connectivity index (χ4n) is 1.60. The smallest absolute Gasteiger partial charge is 0.245 e. The number of carbonyl (C=O) groups is 1. The monoisotopic (exact) mass is 402 g/mol. The standard InChI is InChI=1S/C13H12Br2N2OS/c1-7-2-4-8(5-3-7)17-11(13(16)18)10-6-9(14)12(15)19-10/h2-6,11,17H,1H3,(H2,16,18). The molecule has 1 heterocycles. The van der Waals surface area contributed by atoms with Crippen LogP contribution in [0.25, 0.3) is 0 Å². The number of amides is 1. The molecule has 0 spiro atoms. The number of rotatable bonds is 4. The second-order valence-electron chi connectivity index (χ2n) is 4.12. The van der Waals surface area contributed by atoms with Crippen molar-refractivity contribution < 1.29 is 4.79 Å². The first-order chi connectivity index (χ1) is 8.97. The summed E-state index contributed by atoms with van der Waals surface area (Å²) < 4.78 is 1.86. The van der Waals surface area contributed by atoms with Crippen LogP contribution in [0.5, 0.6) is 0 Å². The lowest BCUT2D eigenvalue weighted by Crippen LogP contribution is -2.26. The maximum atomic E-state index is 11.6. The number of primary amides is 1. The Morgan fingerprint density at radius 3 is 2.42 bits per heavy atom. The molecule has 0 bridgehead atoms. The molecule has 0 radical (unpaired) electrons. The van der Waals surface area contributed by atoms with E-state index in [0.29, 0.717) is 0 Å². The van der Waals surface area contributed by atoms with E-state index in [1.54, 1.807) is 0 Å². The van der Waals surface area contributed by atoms with E-state index in [0.717, 1.165) is 18.8 Å². The SMILES string of the molecule is Cc1ccc(NC(C(N)=O)c2cc(Br)c(Br)s2)cc1. The van der Waals surface area contributed by atoms with E-state index in [4.69, 9.17) is 5.73 Å². The molecule has 19 heavy (non-hydrogen) atoms. The van der Waals surface area contributed by atoms with Gasteiger partial charge < -0.3 is 11.1 Å². The van der Waals surface area contributed by atoms with Crippen molar-refractivity contribution in [2.24, 2.45) is 5.73 Å². The van der Waals surface area contributed by atoms with Crippen LogP contribution in [0.3, 0.4) is 0 Å². The molecule has 1 unspecified atom stereocenters. The Balaban J connectivity index is 2.26. The third-order valence-electron chi connectivity index (χ3n) is 2.60. The summed E-state index contributed by atoms with van der Waals surface area (Å²) in [5.74, 6) is -0.401. The minimum Gasteiger partial charge on any atom is -0.369 e. The number of carbonyl (C=O) groups excluding carboxylic acids is 1. The number of nitrogens with one attached hydrogen (secondary N) is 1. The maximum absolute atomic E-state index is 11.6. The molecule has 2 rings (SSSR count). The van der Waals surface area contributed by atoms with Gasteiger partial charge in [0.15, 0.2) is 0 Å². The van der Waals surface area contributed by atoms with Crippen molar-refractivity contribution in [3.05, 3.63) is 49.0 Å². The van der Waals surface area contributed by atoms with Gasteiger partial charge in [0, 0.05) is 15.0 Å². The van der Waals surface area contributed by atoms with Gasteiger partial charge in [0.1, 0.15) is 6.04 Å². The lowest BCUT2D eigenvalue weighted by atomic mass is 10.2. The van der Waals surface area contributed by atoms with Crippen LogP contribution in [0, 0.1) is 6.92 Å². The first-order valence-corrected chi connectivity index (χ1v) is 7.95. The summed E-state index contributed by atoms with van der Waals surface area (Å²) in [6.45, 7) is 2.02. The van der Waals surface area contributed by atoms with Gasteiger partial charge in [-0.1, -0.05) is 17.7 Å². The zero-order chi connectivity index (χ0) is 14.0. The molecule has 3 nitrogen and oxygen atoms in total. The molecule has 1 aromatic heterocycles. The van der Waals surface area contributed by atoms with Gasteiger partial charge >= 0.3 is 0 Å². The molecule has 1 amide bonds. The average Bonchev–Trinajstić information content (AvgIpc) is 2.68. The molecule has 6 heteroatoms. The molecule has 0 aliphatic carbocycles. The van der Waals surface area contributed by atoms with Crippen molar-refractivity contribution in [2.75, 3.05) is 5.32 Å². The van der Waals surface area contributed by atoms with E-state index in [1.165, 1.54) is 16.9 Å². The first kappa shape index (κ1) is 14.6. The maximum Gasteiger partial charge on any atom is 0.245 e. The average molecular weight is 404 g/mol. The highest BCUT2D eigenvalue weighted by atomic mass is 79.9. The molecule has 3 N–H and O–H groups in total. The molecular formula is C13H12Br2N2OS. The molecule has 0 aliphatic heterocycles. The second-order valence-corrected chi connectivity index (χ2v) is 7.37. The van der Waals surface area contributed by atoms with Crippen molar-refractivity contribution in [3.63, 3.8) is 0 Å². The number of hydrogen-bond donors (Lipinski definition) is 2. The number of hydrogen-bond acceptors (Lipinski definition) is 3. The van der Waals surface area contributed by atoms with Crippen molar-refractivity contribution >= 4 is 54.8 Å². The minimum absolute atomic E-state index is 0.401. The van der Waals surface area contributed by atoms with Gasteiger partial charge in [-0.15, -0.1) is 11.3 Å². The molecule has 0 fully saturated rings. The van der Waals surface area contributed by atoms with Crippen LogP contribution >= 0.6 is 43.2 Å². The Morgan fingerprint density at radius 2 is 1.95 bits per heavy atom. The van der Waals surface area contributed by atoms with Crippen LogP contribution in [0.15, 0.2) is 38.6 Å². The number of aryl methyl sites for hydroxylation is 1. The Kier molecular flexibility index (Phi) is 4.65. The third kappa shape index (κ3) is 3.58. The van der Waals surface area contributed by atoms with Gasteiger partial charge in [0.05, 0.1) is 3.79 Å². The quantitative estimate of drug-likeness (QED) is 0.802. The summed E-state index contributed by atoms with van der Waals surface area (Å²) in [7, 11) is 0. The van der Waals surface area contributed by atoms with Gasteiger partial charge in [0.25, 0.3) is 0 Å². The normalized spacial score (nSPS) is 12.2. The zero-order valence-electron chi connectivity index (χ0n) is 10.1. The van der Waals surface area contributed by atoms with Crippen molar-refractivity contribution in [3.8, 4) is 0 Å². The lowest BCUT2D eigenvalue weighted by molar-refractivity contribution is -0.118. The Bertz CT molecular complexity index is 576. The summed E-state index contributed by atoms with van der Waals surface area (Å²) >= 11 is 8.31. The van der Waals surface area contributed by atoms with Crippen molar-refractivity contribution in [1.82, 2.24) is 0 Å². The third-order valence-corrected chi connectivity index (χ3v) is 5.92. The summed E-state index contributed by atoms with van der Waals surface area (Å²) in [5, 5.41) is 3.16. The number of halogens is 2. The van der Waals surface area contributed by atoms with Crippen LogP contribution in [0.1, 0.15) is 16.5 Å². The second kappa shape index (κ2) is 6.07. The van der Waals surface area contributed by atoms with Crippen LogP contribution in [0.4, 0.5) is 5.69 Å². The molecule has 0 saturated carbocycles. The topological polar surface area (TPSA) is 55.1 Å². The predicted octanol–water partition coefficient (Wildman–Crippen LogP) is 4.22. The summed E-state index contributed by atoms with van der Waals surface area (Å²) in [6, 6.07) is 9.20. The van der Waals surface area contributed by atoms with E-state index >= 15 is 0 Å². The van der Waals surface area contributed by atoms with E-state index < -0.39 is 11.9 Å². The van der Waals surface area contributed by atoms with Gasteiger partial charge in [-0.05, 0) is 57.0 Å². The lowest BCUT2D eigenvalue weighted by Gasteiger charge is -2.15. The highest BCUT2D eigenvalue weighted by molar-refractivity contribution is 9.13. The van der Waals surface area contributed by atoms with Crippen molar-refractivity contribution in [1.29, 1.82) is 0 Å². The molecule has 100 valence electrons. The van der Waals surface area contributed by atoms with E-state index in [2.05, 4.69) is 37.2 Å². The predicted molar refractivity (Wildman–Crippen MR) is 86.5 cm³/mol. The highest BCUT2D eigenvalue weighted by Crippen LogP contribution is 2.36. The Hall–Kier alpha value is -0.850. The summed E-state index contributed by atoms with van der Waals surface area (Å²) in [6.07, 6.45) is 0. The highest BCUT2D eigenvalue weighted by Gasteiger charge is 2.21. The van der Waals surface area contributed by atoms with E-state index in [-0.39, 0.29) is 0 Å². The van der Waals surface area contributed by atoms with Gasteiger partial charge in [-0.25, -0.2) is 0 Å².